The lowest BCUT2D eigenvalue weighted by atomic mass is 10.1. The first-order valence-corrected chi connectivity index (χ1v) is 6.23. The molecule has 1 aliphatic heterocycles. The molecule has 0 unspecified atom stereocenters. The summed E-state index contributed by atoms with van der Waals surface area (Å²) in [6.07, 6.45) is 8.36. The van der Waals surface area contributed by atoms with Crippen molar-refractivity contribution in [3.05, 3.63) is 0 Å². The summed E-state index contributed by atoms with van der Waals surface area (Å²) in [5, 5.41) is 8.65. The fraction of sp³-hybridized carbons (Fsp3) is 0.917. The molecular weight excluding hydrogens is 190 g/mol. The van der Waals surface area contributed by atoms with E-state index < -0.39 is 0 Å². The molecule has 0 radical (unpaired) electrons. The third-order valence-electron chi connectivity index (χ3n) is 3.01. The van der Waals surface area contributed by atoms with Gasteiger partial charge in [0.15, 0.2) is 0 Å². The predicted octanol–water partition coefficient (Wildman–Crippen LogP) is 1.94. The fourth-order valence-electron chi connectivity index (χ4n) is 2.04. The van der Waals surface area contributed by atoms with Crippen molar-refractivity contribution in [3.8, 4) is 0 Å². The molecule has 0 atom stereocenters. The molecule has 1 heterocycles. The number of unbranched alkanes of at least 4 members (excludes halogenated alkanes) is 1. The summed E-state index contributed by atoms with van der Waals surface area (Å²) in [5.74, 6) is 0.283. The molecule has 0 bridgehead atoms. The number of rotatable bonds is 4. The van der Waals surface area contributed by atoms with Crippen LogP contribution in [0.2, 0.25) is 0 Å². The summed E-state index contributed by atoms with van der Waals surface area (Å²) in [7, 11) is 0. The molecule has 1 aliphatic rings. The minimum atomic E-state index is 0.202. The maximum Gasteiger partial charge on any atom is 0.222 e. The van der Waals surface area contributed by atoms with Gasteiger partial charge in [-0.05, 0) is 25.7 Å². The van der Waals surface area contributed by atoms with E-state index in [0.29, 0.717) is 6.42 Å². The molecule has 0 saturated carbocycles. The summed E-state index contributed by atoms with van der Waals surface area (Å²) < 4.78 is 0. The molecule has 3 heteroatoms. The molecule has 0 aliphatic carbocycles. The van der Waals surface area contributed by atoms with E-state index in [-0.39, 0.29) is 12.5 Å². The molecule has 0 aromatic carbocycles. The number of likely N-dealkylation sites (tertiary alicyclic amines) is 1. The SMILES string of the molecule is O=C(CCCCO)N1CCCCCCC1. The van der Waals surface area contributed by atoms with Gasteiger partial charge in [-0.25, -0.2) is 0 Å². The highest BCUT2D eigenvalue weighted by Gasteiger charge is 2.13. The first kappa shape index (κ1) is 12.5. The number of hydrogen-bond donors (Lipinski definition) is 1. The van der Waals surface area contributed by atoms with Gasteiger partial charge in [0, 0.05) is 26.1 Å². The van der Waals surface area contributed by atoms with E-state index in [9.17, 15) is 4.79 Å². The van der Waals surface area contributed by atoms with Gasteiger partial charge in [-0.3, -0.25) is 4.79 Å². The van der Waals surface area contributed by atoms with Crippen LogP contribution in [0.1, 0.15) is 51.4 Å². The standard InChI is InChI=1S/C12H23NO2/c14-11-7-4-8-12(15)13-9-5-2-1-3-6-10-13/h14H,1-11H2. The van der Waals surface area contributed by atoms with Crippen molar-refractivity contribution in [1.29, 1.82) is 0 Å². The van der Waals surface area contributed by atoms with Crippen LogP contribution in [0.4, 0.5) is 0 Å². The lowest BCUT2D eigenvalue weighted by molar-refractivity contribution is -0.131. The Bertz CT molecular complexity index is 174. The van der Waals surface area contributed by atoms with Crippen molar-refractivity contribution < 1.29 is 9.90 Å². The summed E-state index contributed by atoms with van der Waals surface area (Å²) in [4.78, 5) is 13.8. The third-order valence-corrected chi connectivity index (χ3v) is 3.01. The van der Waals surface area contributed by atoms with Gasteiger partial charge in [0.1, 0.15) is 0 Å². The van der Waals surface area contributed by atoms with E-state index in [1.165, 1.54) is 19.3 Å². The van der Waals surface area contributed by atoms with Crippen molar-refractivity contribution in [3.63, 3.8) is 0 Å². The largest absolute Gasteiger partial charge is 0.396 e. The smallest absolute Gasteiger partial charge is 0.222 e. The first-order valence-electron chi connectivity index (χ1n) is 6.23. The molecule has 1 amide bonds. The zero-order valence-electron chi connectivity index (χ0n) is 9.58. The van der Waals surface area contributed by atoms with Crippen molar-refractivity contribution in [1.82, 2.24) is 4.90 Å². The molecule has 1 saturated heterocycles. The van der Waals surface area contributed by atoms with Crippen LogP contribution < -0.4 is 0 Å². The Morgan fingerprint density at radius 1 is 1.00 bits per heavy atom. The number of carbonyl (C=O) groups is 1. The molecule has 0 spiro atoms. The van der Waals surface area contributed by atoms with Gasteiger partial charge in [-0.1, -0.05) is 19.3 Å². The average Bonchev–Trinajstić information content (AvgIpc) is 2.17. The van der Waals surface area contributed by atoms with E-state index in [2.05, 4.69) is 0 Å². The zero-order valence-corrected chi connectivity index (χ0v) is 9.58. The Morgan fingerprint density at radius 2 is 1.60 bits per heavy atom. The number of nitrogens with zero attached hydrogens (tertiary/aromatic N) is 1. The summed E-state index contributed by atoms with van der Waals surface area (Å²) >= 11 is 0. The molecule has 0 aromatic heterocycles. The van der Waals surface area contributed by atoms with Crippen LogP contribution in [-0.4, -0.2) is 35.6 Å². The van der Waals surface area contributed by atoms with Gasteiger partial charge in [0.05, 0.1) is 0 Å². The van der Waals surface area contributed by atoms with Crippen molar-refractivity contribution in [2.24, 2.45) is 0 Å². The summed E-state index contributed by atoms with van der Waals surface area (Å²) in [5.41, 5.74) is 0. The Morgan fingerprint density at radius 3 is 2.20 bits per heavy atom. The van der Waals surface area contributed by atoms with Crippen molar-refractivity contribution in [2.45, 2.75) is 51.4 Å². The summed E-state index contributed by atoms with van der Waals surface area (Å²) in [6, 6.07) is 0. The topological polar surface area (TPSA) is 40.5 Å². The van der Waals surface area contributed by atoms with Gasteiger partial charge in [-0.15, -0.1) is 0 Å². The highest BCUT2D eigenvalue weighted by Crippen LogP contribution is 2.12. The molecular formula is C12H23NO2. The van der Waals surface area contributed by atoms with Crippen LogP contribution in [0, 0.1) is 0 Å². The molecule has 1 N–H and O–H groups in total. The van der Waals surface area contributed by atoms with Crippen molar-refractivity contribution >= 4 is 5.91 Å². The molecule has 15 heavy (non-hydrogen) atoms. The van der Waals surface area contributed by atoms with Crippen LogP contribution in [0.5, 0.6) is 0 Å². The van der Waals surface area contributed by atoms with Gasteiger partial charge in [0.2, 0.25) is 5.91 Å². The molecule has 1 fully saturated rings. The van der Waals surface area contributed by atoms with E-state index in [1.807, 2.05) is 4.90 Å². The average molecular weight is 213 g/mol. The Hall–Kier alpha value is -0.570. The molecule has 88 valence electrons. The van der Waals surface area contributed by atoms with Crippen LogP contribution in [0.15, 0.2) is 0 Å². The second-order valence-corrected chi connectivity index (χ2v) is 4.33. The minimum Gasteiger partial charge on any atom is -0.396 e. The summed E-state index contributed by atoms with van der Waals surface area (Å²) in [6.45, 7) is 2.09. The number of carbonyl (C=O) groups excluding carboxylic acids is 1. The number of aliphatic hydroxyl groups excluding tert-OH is 1. The second kappa shape index (κ2) is 7.69. The lowest BCUT2D eigenvalue weighted by Crippen LogP contribution is -2.33. The normalized spacial score (nSPS) is 18.3. The van der Waals surface area contributed by atoms with Gasteiger partial charge >= 0.3 is 0 Å². The first-order chi connectivity index (χ1) is 7.34. The van der Waals surface area contributed by atoms with Crippen LogP contribution in [-0.2, 0) is 4.79 Å². The molecule has 0 aromatic rings. The van der Waals surface area contributed by atoms with E-state index in [4.69, 9.17) is 5.11 Å². The van der Waals surface area contributed by atoms with Gasteiger partial charge in [-0.2, -0.15) is 0 Å². The maximum absolute atomic E-state index is 11.8. The highest BCUT2D eigenvalue weighted by molar-refractivity contribution is 5.76. The number of amides is 1. The predicted molar refractivity (Wildman–Crippen MR) is 60.6 cm³/mol. The number of aliphatic hydroxyl groups is 1. The molecule has 3 nitrogen and oxygen atoms in total. The molecule has 1 rings (SSSR count). The van der Waals surface area contributed by atoms with Crippen LogP contribution >= 0.6 is 0 Å². The van der Waals surface area contributed by atoms with Crippen LogP contribution in [0.3, 0.4) is 0 Å². The quantitative estimate of drug-likeness (QED) is 0.725. The van der Waals surface area contributed by atoms with Gasteiger partial charge in [0.25, 0.3) is 0 Å². The Kier molecular flexibility index (Phi) is 6.41. The highest BCUT2D eigenvalue weighted by atomic mass is 16.3. The van der Waals surface area contributed by atoms with Crippen LogP contribution in [0.25, 0.3) is 0 Å². The fourth-order valence-corrected chi connectivity index (χ4v) is 2.04. The maximum atomic E-state index is 11.8. The second-order valence-electron chi connectivity index (χ2n) is 4.33. The Labute approximate surface area is 92.5 Å². The Balaban J connectivity index is 2.22. The van der Waals surface area contributed by atoms with Crippen molar-refractivity contribution in [2.75, 3.05) is 19.7 Å². The minimum absolute atomic E-state index is 0.202. The van der Waals surface area contributed by atoms with E-state index in [0.717, 1.165) is 38.8 Å². The third kappa shape index (κ3) is 5.17. The van der Waals surface area contributed by atoms with Gasteiger partial charge < -0.3 is 10.0 Å². The zero-order chi connectivity index (χ0) is 10.9. The van der Waals surface area contributed by atoms with E-state index in [1.54, 1.807) is 0 Å². The number of hydrogen-bond acceptors (Lipinski definition) is 2. The monoisotopic (exact) mass is 213 g/mol. The van der Waals surface area contributed by atoms with E-state index >= 15 is 0 Å². The lowest BCUT2D eigenvalue weighted by Gasteiger charge is -2.24.